The molecule has 1 aliphatic heterocycles. The first kappa shape index (κ1) is 17.3. The van der Waals surface area contributed by atoms with Crippen molar-refractivity contribution >= 4 is 22.0 Å². The van der Waals surface area contributed by atoms with Crippen molar-refractivity contribution in [3.05, 3.63) is 34.3 Å². The van der Waals surface area contributed by atoms with E-state index in [9.17, 15) is 4.79 Å². The maximum atomic E-state index is 12.2. The van der Waals surface area contributed by atoms with Gasteiger partial charge in [0.2, 0.25) is 0 Å². The van der Waals surface area contributed by atoms with Crippen LogP contribution in [-0.2, 0) is 11.3 Å². The first-order valence-electron chi connectivity index (χ1n) is 7.80. The van der Waals surface area contributed by atoms with Crippen LogP contribution < -0.4 is 5.32 Å². The number of nitrogens with zero attached hydrogens (tertiary/aromatic N) is 1. The number of nitrogens with one attached hydrogen (secondary N) is 1. The standard InChI is InChI=1S/C17H25BrN2O2/c1-17(2,3)22-16(21)20-10-6-8-14(20)12-19-11-13-7-4-5-9-15(13)18/h4-5,7,9,14,19H,6,8,10-12H2,1-3H3/t14-/m0/s1. The molecule has 1 aliphatic rings. The van der Waals surface area contributed by atoms with Gasteiger partial charge in [-0.3, -0.25) is 0 Å². The molecule has 0 spiro atoms. The molecule has 0 radical (unpaired) electrons. The predicted molar refractivity (Wildman–Crippen MR) is 91.8 cm³/mol. The third-order valence-corrected chi connectivity index (χ3v) is 4.43. The molecule has 1 fully saturated rings. The fourth-order valence-electron chi connectivity index (χ4n) is 2.62. The van der Waals surface area contributed by atoms with Crippen molar-refractivity contribution in [3.63, 3.8) is 0 Å². The molecular formula is C17H25BrN2O2. The van der Waals surface area contributed by atoms with Crippen LogP contribution in [0, 0.1) is 0 Å². The molecule has 0 aliphatic carbocycles. The van der Waals surface area contributed by atoms with Crippen molar-refractivity contribution in [2.45, 2.75) is 51.8 Å². The molecule has 1 heterocycles. The van der Waals surface area contributed by atoms with E-state index in [0.717, 1.165) is 36.9 Å². The van der Waals surface area contributed by atoms with E-state index in [1.54, 1.807) is 0 Å². The SMILES string of the molecule is CC(C)(C)OC(=O)N1CCC[C@H]1CNCc1ccccc1Br. The van der Waals surface area contributed by atoms with Crippen LogP contribution in [0.1, 0.15) is 39.2 Å². The Bertz CT molecular complexity index is 514. The zero-order valence-electron chi connectivity index (χ0n) is 13.6. The van der Waals surface area contributed by atoms with Gasteiger partial charge < -0.3 is 15.0 Å². The first-order valence-corrected chi connectivity index (χ1v) is 8.60. The zero-order chi connectivity index (χ0) is 16.2. The van der Waals surface area contributed by atoms with Crippen LogP contribution >= 0.6 is 15.9 Å². The number of benzene rings is 1. The lowest BCUT2D eigenvalue weighted by Gasteiger charge is -2.28. The predicted octanol–water partition coefficient (Wildman–Crippen LogP) is 3.94. The lowest BCUT2D eigenvalue weighted by atomic mass is 10.2. The van der Waals surface area contributed by atoms with Gasteiger partial charge in [0.1, 0.15) is 5.60 Å². The second-order valence-corrected chi connectivity index (χ2v) is 7.55. The Morgan fingerprint density at radius 1 is 1.41 bits per heavy atom. The summed E-state index contributed by atoms with van der Waals surface area (Å²) in [5.41, 5.74) is 0.788. The van der Waals surface area contributed by atoms with E-state index >= 15 is 0 Å². The maximum absolute atomic E-state index is 12.2. The number of carbonyl (C=O) groups is 1. The molecule has 1 aromatic carbocycles. The van der Waals surface area contributed by atoms with E-state index < -0.39 is 5.60 Å². The summed E-state index contributed by atoms with van der Waals surface area (Å²) < 4.78 is 6.60. The fraction of sp³-hybridized carbons (Fsp3) is 0.588. The van der Waals surface area contributed by atoms with Gasteiger partial charge in [-0.1, -0.05) is 34.1 Å². The second-order valence-electron chi connectivity index (χ2n) is 6.69. The van der Waals surface area contributed by atoms with Crippen LogP contribution in [0.3, 0.4) is 0 Å². The molecule has 4 nitrogen and oxygen atoms in total. The van der Waals surface area contributed by atoms with Gasteiger partial charge >= 0.3 is 6.09 Å². The van der Waals surface area contributed by atoms with Gasteiger partial charge in [0, 0.05) is 30.1 Å². The minimum atomic E-state index is -0.438. The fourth-order valence-corrected chi connectivity index (χ4v) is 3.05. The largest absolute Gasteiger partial charge is 0.444 e. The van der Waals surface area contributed by atoms with Crippen LogP contribution in [0.25, 0.3) is 0 Å². The number of halogens is 1. The molecule has 1 N–H and O–H groups in total. The third-order valence-electron chi connectivity index (χ3n) is 3.66. The van der Waals surface area contributed by atoms with Gasteiger partial charge in [0.25, 0.3) is 0 Å². The van der Waals surface area contributed by atoms with Gasteiger partial charge in [-0.2, -0.15) is 0 Å². The lowest BCUT2D eigenvalue weighted by molar-refractivity contribution is 0.0226. The normalized spacial score (nSPS) is 18.5. The van der Waals surface area contributed by atoms with E-state index in [-0.39, 0.29) is 12.1 Å². The van der Waals surface area contributed by atoms with Gasteiger partial charge in [-0.15, -0.1) is 0 Å². The number of rotatable bonds is 4. The van der Waals surface area contributed by atoms with E-state index in [2.05, 4.69) is 27.3 Å². The number of amides is 1. The monoisotopic (exact) mass is 368 g/mol. The molecule has 1 amide bonds. The minimum absolute atomic E-state index is 0.197. The Labute approximate surface area is 141 Å². The highest BCUT2D eigenvalue weighted by Crippen LogP contribution is 2.21. The molecule has 1 aromatic rings. The van der Waals surface area contributed by atoms with Crippen molar-refractivity contribution in [3.8, 4) is 0 Å². The van der Waals surface area contributed by atoms with Gasteiger partial charge in [-0.25, -0.2) is 4.79 Å². The molecule has 1 atom stereocenters. The van der Waals surface area contributed by atoms with Crippen molar-refractivity contribution in [2.24, 2.45) is 0 Å². The quantitative estimate of drug-likeness (QED) is 0.874. The van der Waals surface area contributed by atoms with Crippen LogP contribution in [-0.4, -0.2) is 35.7 Å². The van der Waals surface area contributed by atoms with Crippen LogP contribution in [0.15, 0.2) is 28.7 Å². The van der Waals surface area contributed by atoms with E-state index in [1.807, 2.05) is 43.9 Å². The molecule has 22 heavy (non-hydrogen) atoms. The Morgan fingerprint density at radius 2 is 2.14 bits per heavy atom. The van der Waals surface area contributed by atoms with Gasteiger partial charge in [0.05, 0.1) is 0 Å². The Morgan fingerprint density at radius 3 is 2.82 bits per heavy atom. The Hall–Kier alpha value is -1.07. The zero-order valence-corrected chi connectivity index (χ0v) is 15.1. The van der Waals surface area contributed by atoms with Gasteiger partial charge in [0.15, 0.2) is 0 Å². The number of ether oxygens (including phenoxy) is 1. The second kappa shape index (κ2) is 7.47. The molecular weight excluding hydrogens is 344 g/mol. The summed E-state index contributed by atoms with van der Waals surface area (Å²) >= 11 is 3.55. The van der Waals surface area contributed by atoms with Crippen molar-refractivity contribution in [2.75, 3.05) is 13.1 Å². The average Bonchev–Trinajstić information content (AvgIpc) is 2.87. The van der Waals surface area contributed by atoms with Crippen LogP contribution in [0.5, 0.6) is 0 Å². The third kappa shape index (κ3) is 4.99. The van der Waals surface area contributed by atoms with Crippen molar-refractivity contribution in [1.29, 1.82) is 0 Å². The summed E-state index contributed by atoms with van der Waals surface area (Å²) in [4.78, 5) is 14.1. The smallest absolute Gasteiger partial charge is 0.410 e. The molecule has 122 valence electrons. The average molecular weight is 369 g/mol. The highest BCUT2D eigenvalue weighted by atomic mass is 79.9. The van der Waals surface area contributed by atoms with Crippen molar-refractivity contribution < 1.29 is 9.53 Å². The van der Waals surface area contributed by atoms with E-state index in [1.165, 1.54) is 5.56 Å². The molecule has 0 bridgehead atoms. The summed E-state index contributed by atoms with van der Waals surface area (Å²) in [5.74, 6) is 0. The number of hydrogen-bond donors (Lipinski definition) is 1. The summed E-state index contributed by atoms with van der Waals surface area (Å²) in [6.45, 7) is 8.08. The first-order chi connectivity index (χ1) is 10.4. The number of likely N-dealkylation sites (tertiary alicyclic amines) is 1. The molecule has 0 aromatic heterocycles. The topological polar surface area (TPSA) is 41.6 Å². The Kier molecular flexibility index (Phi) is 5.87. The van der Waals surface area contributed by atoms with Crippen molar-refractivity contribution in [1.82, 2.24) is 10.2 Å². The lowest BCUT2D eigenvalue weighted by Crippen LogP contribution is -2.44. The molecule has 5 heteroatoms. The van der Waals surface area contributed by atoms with E-state index in [0.29, 0.717) is 0 Å². The highest BCUT2D eigenvalue weighted by molar-refractivity contribution is 9.10. The molecule has 0 unspecified atom stereocenters. The van der Waals surface area contributed by atoms with Crippen LogP contribution in [0.4, 0.5) is 4.79 Å². The maximum Gasteiger partial charge on any atom is 0.410 e. The number of carbonyl (C=O) groups excluding carboxylic acids is 1. The van der Waals surface area contributed by atoms with E-state index in [4.69, 9.17) is 4.74 Å². The van der Waals surface area contributed by atoms with Crippen LogP contribution in [0.2, 0.25) is 0 Å². The summed E-state index contributed by atoms with van der Waals surface area (Å²) in [6.07, 6.45) is 1.88. The van der Waals surface area contributed by atoms with Gasteiger partial charge in [-0.05, 0) is 45.2 Å². The highest BCUT2D eigenvalue weighted by Gasteiger charge is 2.31. The Balaban J connectivity index is 1.84. The molecule has 0 saturated carbocycles. The summed E-state index contributed by atoms with van der Waals surface area (Å²) in [6, 6.07) is 8.40. The number of hydrogen-bond acceptors (Lipinski definition) is 3. The molecule has 1 saturated heterocycles. The minimum Gasteiger partial charge on any atom is -0.444 e. The molecule has 2 rings (SSSR count). The summed E-state index contributed by atoms with van der Waals surface area (Å²) in [7, 11) is 0. The summed E-state index contributed by atoms with van der Waals surface area (Å²) in [5, 5.41) is 3.45.